The number of methoxy groups -OCH3 is 1. The Morgan fingerprint density at radius 3 is 2.16 bits per heavy atom. The molecule has 0 spiro atoms. The molecule has 206 valence electrons. The Labute approximate surface area is 224 Å². The summed E-state index contributed by atoms with van der Waals surface area (Å²) in [5.41, 5.74) is -0.181. The topological polar surface area (TPSA) is 60.4 Å². The first kappa shape index (κ1) is 27.1. The average Bonchev–Trinajstić information content (AvgIpc) is 2.83. The van der Waals surface area contributed by atoms with Gasteiger partial charge in [-0.2, -0.15) is 0 Å². The highest BCUT2D eigenvalue weighted by atomic mass is 16.5. The van der Waals surface area contributed by atoms with Crippen LogP contribution in [0.3, 0.4) is 0 Å². The molecule has 4 nitrogen and oxygen atoms in total. The van der Waals surface area contributed by atoms with Gasteiger partial charge in [-0.3, -0.25) is 14.4 Å². The van der Waals surface area contributed by atoms with Gasteiger partial charge in [0.15, 0.2) is 5.78 Å². The molecule has 0 bridgehead atoms. The van der Waals surface area contributed by atoms with Crippen LogP contribution in [-0.4, -0.2) is 24.6 Å². The first-order chi connectivity index (χ1) is 17.0. The van der Waals surface area contributed by atoms with Crippen LogP contribution >= 0.6 is 0 Å². The molecule has 0 aliphatic heterocycles. The number of esters is 1. The summed E-state index contributed by atoms with van der Waals surface area (Å²) < 4.78 is 5.45. The van der Waals surface area contributed by atoms with Crippen LogP contribution in [0.2, 0.25) is 0 Å². The van der Waals surface area contributed by atoms with Crippen molar-refractivity contribution in [2.45, 2.75) is 120 Å². The van der Waals surface area contributed by atoms with Crippen molar-refractivity contribution >= 4 is 17.5 Å². The monoisotopic (exact) mass is 510 g/mol. The number of ether oxygens (including phenoxy) is 1. The molecule has 5 aliphatic carbocycles. The Balaban J connectivity index is 1.69. The number of carbonyl (C=O) groups is 3. The van der Waals surface area contributed by atoms with Crippen molar-refractivity contribution in [2.75, 3.05) is 7.11 Å². The van der Waals surface area contributed by atoms with Crippen molar-refractivity contribution in [1.29, 1.82) is 0 Å². The molecule has 0 aromatic heterocycles. The molecule has 0 amide bonds. The zero-order chi connectivity index (χ0) is 27.4. The first-order valence-corrected chi connectivity index (χ1v) is 14.9. The third kappa shape index (κ3) is 3.00. The van der Waals surface area contributed by atoms with E-state index in [4.69, 9.17) is 4.74 Å². The van der Waals surface area contributed by atoms with Crippen LogP contribution in [0.5, 0.6) is 0 Å². The Bertz CT molecular complexity index is 1080. The molecule has 0 aromatic rings. The lowest BCUT2D eigenvalue weighted by Crippen LogP contribution is -2.68. The smallest absolute Gasteiger partial charge is 0.312 e. The van der Waals surface area contributed by atoms with Crippen molar-refractivity contribution in [3.8, 4) is 0 Å². The second kappa shape index (κ2) is 7.81. The molecule has 5 aliphatic rings. The summed E-state index contributed by atoms with van der Waals surface area (Å²) >= 11 is 0. The van der Waals surface area contributed by atoms with E-state index in [2.05, 4.69) is 61.5 Å². The SMILES string of the molecule is CCC12CCC3(C)C(=CC(=O)C4C5CC(C)(C)CCC5(C(=O)OC)CCC43C)C1(C)CCC(=O)C2(C)C. The number of hydrogen-bond acceptors (Lipinski definition) is 4. The average molecular weight is 511 g/mol. The van der Waals surface area contributed by atoms with E-state index in [0.717, 1.165) is 57.8 Å². The molecule has 7 atom stereocenters. The largest absolute Gasteiger partial charge is 0.469 e. The summed E-state index contributed by atoms with van der Waals surface area (Å²) in [4.78, 5) is 41.2. The molecule has 0 saturated heterocycles. The summed E-state index contributed by atoms with van der Waals surface area (Å²) in [7, 11) is 1.52. The van der Waals surface area contributed by atoms with E-state index in [9.17, 15) is 14.4 Å². The molecule has 37 heavy (non-hydrogen) atoms. The van der Waals surface area contributed by atoms with Crippen LogP contribution in [0.15, 0.2) is 11.6 Å². The van der Waals surface area contributed by atoms with E-state index >= 15 is 0 Å². The Kier molecular flexibility index (Phi) is 5.73. The fourth-order valence-electron chi connectivity index (χ4n) is 11.4. The molecular formula is C33H50O4. The lowest BCUT2D eigenvalue weighted by molar-refractivity contribution is -0.201. The lowest BCUT2D eigenvalue weighted by atomic mass is 9.30. The highest BCUT2D eigenvalue weighted by Gasteiger charge is 2.73. The lowest BCUT2D eigenvalue weighted by Gasteiger charge is -2.72. The number of rotatable bonds is 2. The van der Waals surface area contributed by atoms with E-state index in [1.165, 1.54) is 12.7 Å². The quantitative estimate of drug-likeness (QED) is 0.361. The molecule has 0 radical (unpaired) electrons. The summed E-state index contributed by atoms with van der Waals surface area (Å²) in [5, 5.41) is 0. The standard InChI is InChI=1S/C33H50O4/c1-10-33-18-15-29(6)23(30(33,7)12-11-24(35)28(33,4)5)19-22(34)25-21-20-27(2,3)13-16-32(21,26(36)37-9)17-14-31(25,29)8/h19,21,25H,10-18,20H2,1-9H3. The van der Waals surface area contributed by atoms with E-state index in [0.29, 0.717) is 12.2 Å². The maximum atomic E-state index is 14.5. The normalized spacial score (nSPS) is 48.1. The van der Waals surface area contributed by atoms with Crippen molar-refractivity contribution in [3.05, 3.63) is 11.6 Å². The Morgan fingerprint density at radius 2 is 1.54 bits per heavy atom. The van der Waals surface area contributed by atoms with Crippen molar-refractivity contribution in [3.63, 3.8) is 0 Å². The zero-order valence-electron chi connectivity index (χ0n) is 24.9. The minimum atomic E-state index is -0.545. The van der Waals surface area contributed by atoms with E-state index in [-0.39, 0.29) is 50.7 Å². The number of allylic oxidation sites excluding steroid dienone is 2. The predicted octanol–water partition coefficient (Wildman–Crippen LogP) is 7.49. The van der Waals surface area contributed by atoms with Gasteiger partial charge >= 0.3 is 5.97 Å². The summed E-state index contributed by atoms with van der Waals surface area (Å²) in [6.45, 7) is 18.4. The van der Waals surface area contributed by atoms with Crippen molar-refractivity contribution in [2.24, 2.45) is 49.7 Å². The van der Waals surface area contributed by atoms with Crippen LogP contribution in [0.25, 0.3) is 0 Å². The third-order valence-electron chi connectivity index (χ3n) is 14.0. The van der Waals surface area contributed by atoms with Crippen LogP contribution in [0.1, 0.15) is 120 Å². The molecule has 5 rings (SSSR count). The van der Waals surface area contributed by atoms with Gasteiger partial charge in [-0.15, -0.1) is 0 Å². The maximum Gasteiger partial charge on any atom is 0.312 e. The maximum absolute atomic E-state index is 14.5. The fraction of sp³-hybridized carbons (Fsp3) is 0.848. The van der Waals surface area contributed by atoms with Gasteiger partial charge in [0, 0.05) is 17.8 Å². The summed E-state index contributed by atoms with van der Waals surface area (Å²) in [6, 6.07) is 0. The van der Waals surface area contributed by atoms with Gasteiger partial charge in [0.2, 0.25) is 0 Å². The van der Waals surface area contributed by atoms with Gasteiger partial charge in [-0.1, -0.05) is 61.0 Å². The Morgan fingerprint density at radius 1 is 0.892 bits per heavy atom. The number of ketones is 2. The highest BCUT2D eigenvalue weighted by molar-refractivity contribution is 5.96. The molecule has 7 unspecified atom stereocenters. The minimum absolute atomic E-state index is 0.0135. The van der Waals surface area contributed by atoms with E-state index < -0.39 is 10.8 Å². The molecule has 0 aromatic carbocycles. The van der Waals surface area contributed by atoms with Crippen molar-refractivity contribution < 1.29 is 19.1 Å². The second-order valence-corrected chi connectivity index (χ2v) is 15.6. The molecule has 4 heteroatoms. The fourth-order valence-corrected chi connectivity index (χ4v) is 11.4. The van der Waals surface area contributed by atoms with E-state index in [1.807, 2.05) is 0 Å². The zero-order valence-corrected chi connectivity index (χ0v) is 24.9. The minimum Gasteiger partial charge on any atom is -0.469 e. The van der Waals surface area contributed by atoms with Crippen LogP contribution in [0.4, 0.5) is 0 Å². The summed E-state index contributed by atoms with van der Waals surface area (Å²) in [6.07, 6.45) is 10.8. The first-order valence-electron chi connectivity index (χ1n) is 14.9. The van der Waals surface area contributed by atoms with Gasteiger partial charge in [-0.25, -0.2) is 0 Å². The Hall–Kier alpha value is -1.45. The van der Waals surface area contributed by atoms with Gasteiger partial charge < -0.3 is 4.74 Å². The third-order valence-corrected chi connectivity index (χ3v) is 14.0. The molecule has 0 heterocycles. The van der Waals surface area contributed by atoms with Crippen LogP contribution < -0.4 is 0 Å². The summed E-state index contributed by atoms with van der Waals surface area (Å²) in [5.74, 6) is 0.362. The number of Topliss-reactive ketones (excluding diaryl/α,β-unsaturated/α-hetero) is 1. The van der Waals surface area contributed by atoms with Gasteiger partial charge in [0.05, 0.1) is 12.5 Å². The van der Waals surface area contributed by atoms with Gasteiger partial charge in [0.25, 0.3) is 0 Å². The van der Waals surface area contributed by atoms with Gasteiger partial charge in [-0.05, 0) is 96.9 Å². The van der Waals surface area contributed by atoms with Gasteiger partial charge in [0.1, 0.15) is 5.78 Å². The van der Waals surface area contributed by atoms with Crippen LogP contribution in [0, 0.1) is 49.7 Å². The number of hydrogen-bond donors (Lipinski definition) is 0. The number of fused-ring (bicyclic) bond motifs is 7. The molecule has 4 saturated carbocycles. The molecular weight excluding hydrogens is 460 g/mol. The predicted molar refractivity (Wildman–Crippen MR) is 146 cm³/mol. The molecule has 0 N–H and O–H groups in total. The second-order valence-electron chi connectivity index (χ2n) is 15.6. The van der Waals surface area contributed by atoms with E-state index in [1.54, 1.807) is 0 Å². The molecule has 4 fully saturated rings. The highest BCUT2D eigenvalue weighted by Crippen LogP contribution is 2.78. The number of carbonyl (C=O) groups excluding carboxylic acids is 3. The van der Waals surface area contributed by atoms with Crippen LogP contribution in [-0.2, 0) is 19.1 Å². The van der Waals surface area contributed by atoms with Crippen molar-refractivity contribution in [1.82, 2.24) is 0 Å².